The van der Waals surface area contributed by atoms with Crippen molar-refractivity contribution in [1.82, 2.24) is 0 Å². The predicted octanol–water partition coefficient (Wildman–Crippen LogP) is 4.17. The van der Waals surface area contributed by atoms with Gasteiger partial charge in [-0.3, -0.25) is 10.1 Å². The Balaban J connectivity index is 2.72. The van der Waals surface area contributed by atoms with Crippen LogP contribution in [0.2, 0.25) is 0 Å². The van der Waals surface area contributed by atoms with E-state index in [0.717, 1.165) is 14.2 Å². The summed E-state index contributed by atoms with van der Waals surface area (Å²) < 4.78 is 0.915. The van der Waals surface area contributed by atoms with Crippen LogP contribution < -0.4 is 0 Å². The lowest BCUT2D eigenvalue weighted by molar-refractivity contribution is -0.385. The van der Waals surface area contributed by atoms with Gasteiger partial charge in [-0.2, -0.15) is 0 Å². The minimum Gasteiger partial charge on any atom is -0.258 e. The summed E-state index contributed by atoms with van der Waals surface area (Å²) in [7, 11) is 0. The molecule has 1 atom stereocenters. The molecule has 0 radical (unpaired) electrons. The van der Waals surface area contributed by atoms with E-state index in [4.69, 9.17) is 11.6 Å². The molecule has 0 aliphatic rings. The molecule has 0 saturated heterocycles. The number of thioether (sulfide) groups is 1. The van der Waals surface area contributed by atoms with E-state index in [0.29, 0.717) is 11.8 Å². The fourth-order valence-corrected chi connectivity index (χ4v) is 3.14. The normalized spacial score (nSPS) is 12.4. The molecular weight excluding hydrogens is 361 g/mol. The van der Waals surface area contributed by atoms with Crippen molar-refractivity contribution in [1.29, 1.82) is 0 Å². The Hall–Kier alpha value is -0.0100. The van der Waals surface area contributed by atoms with Gasteiger partial charge in [0.2, 0.25) is 0 Å². The van der Waals surface area contributed by atoms with Gasteiger partial charge in [0.15, 0.2) is 0 Å². The van der Waals surface area contributed by atoms with Crippen LogP contribution in [0.3, 0.4) is 0 Å². The number of halogens is 2. The van der Waals surface area contributed by atoms with E-state index in [1.165, 1.54) is 6.07 Å². The van der Waals surface area contributed by atoms with Gasteiger partial charge in [-0.15, -0.1) is 23.4 Å². The molecule has 0 heterocycles. The van der Waals surface area contributed by atoms with Gasteiger partial charge in [-0.1, -0.05) is 6.92 Å². The Bertz CT molecular complexity index is 389. The summed E-state index contributed by atoms with van der Waals surface area (Å²) in [4.78, 5) is 11.3. The molecular formula is C10H11ClINO2S. The Labute approximate surface area is 117 Å². The third-order valence-corrected chi connectivity index (χ3v) is 5.10. The van der Waals surface area contributed by atoms with Gasteiger partial charge in [0.05, 0.1) is 4.92 Å². The van der Waals surface area contributed by atoms with Gasteiger partial charge < -0.3 is 0 Å². The molecule has 16 heavy (non-hydrogen) atoms. The van der Waals surface area contributed by atoms with E-state index in [1.54, 1.807) is 23.9 Å². The molecule has 0 saturated carbocycles. The SMILES string of the molecule is CC(CCl)CSc1ccc([N+](=O)[O-])cc1I. The van der Waals surface area contributed by atoms with Crippen LogP contribution in [-0.2, 0) is 0 Å². The zero-order valence-corrected chi connectivity index (χ0v) is 12.4. The summed E-state index contributed by atoms with van der Waals surface area (Å²) >= 11 is 9.53. The van der Waals surface area contributed by atoms with E-state index in [2.05, 4.69) is 29.5 Å². The van der Waals surface area contributed by atoms with Crippen LogP contribution in [0.5, 0.6) is 0 Å². The topological polar surface area (TPSA) is 43.1 Å². The highest BCUT2D eigenvalue weighted by atomic mass is 127. The zero-order valence-electron chi connectivity index (χ0n) is 8.65. The van der Waals surface area contributed by atoms with Crippen molar-refractivity contribution in [3.63, 3.8) is 0 Å². The van der Waals surface area contributed by atoms with Crippen LogP contribution in [0.1, 0.15) is 6.92 Å². The monoisotopic (exact) mass is 371 g/mol. The Kier molecular flexibility index (Phi) is 5.85. The number of hydrogen-bond donors (Lipinski definition) is 0. The quantitative estimate of drug-likeness (QED) is 0.256. The lowest BCUT2D eigenvalue weighted by Crippen LogP contribution is -1.99. The molecule has 0 amide bonds. The standard InChI is InChI=1S/C10H11ClINO2S/c1-7(5-11)6-16-10-3-2-8(13(14)15)4-9(10)12/h2-4,7H,5-6H2,1H3. The maximum absolute atomic E-state index is 10.6. The van der Waals surface area contributed by atoms with Crippen molar-refractivity contribution in [2.45, 2.75) is 11.8 Å². The highest BCUT2D eigenvalue weighted by molar-refractivity contribution is 14.1. The number of non-ortho nitro benzene ring substituents is 1. The van der Waals surface area contributed by atoms with Crippen molar-refractivity contribution in [2.24, 2.45) is 5.92 Å². The smallest absolute Gasteiger partial charge is 0.258 e. The van der Waals surface area contributed by atoms with Gasteiger partial charge >= 0.3 is 0 Å². The first-order valence-electron chi connectivity index (χ1n) is 4.67. The third kappa shape index (κ3) is 4.10. The number of hydrogen-bond acceptors (Lipinski definition) is 3. The second-order valence-electron chi connectivity index (χ2n) is 3.44. The van der Waals surface area contributed by atoms with E-state index < -0.39 is 0 Å². The second-order valence-corrected chi connectivity index (χ2v) is 5.97. The van der Waals surface area contributed by atoms with E-state index in [1.807, 2.05) is 0 Å². The first-order valence-corrected chi connectivity index (χ1v) is 7.27. The predicted molar refractivity (Wildman–Crippen MR) is 76.4 cm³/mol. The van der Waals surface area contributed by atoms with E-state index in [-0.39, 0.29) is 10.6 Å². The van der Waals surface area contributed by atoms with Gasteiger partial charge in [-0.25, -0.2) is 0 Å². The minimum absolute atomic E-state index is 0.138. The molecule has 0 fully saturated rings. The number of nitro benzene ring substituents is 1. The highest BCUT2D eigenvalue weighted by Gasteiger charge is 2.10. The average molecular weight is 372 g/mol. The Morgan fingerprint density at radius 3 is 2.81 bits per heavy atom. The molecule has 3 nitrogen and oxygen atoms in total. The number of alkyl halides is 1. The molecule has 0 bridgehead atoms. The van der Waals surface area contributed by atoms with Gasteiger partial charge in [0.25, 0.3) is 5.69 Å². The van der Waals surface area contributed by atoms with Crippen molar-refractivity contribution in [3.05, 3.63) is 31.9 Å². The first kappa shape index (κ1) is 14.1. The molecule has 1 aromatic carbocycles. The number of rotatable bonds is 5. The Morgan fingerprint density at radius 1 is 1.62 bits per heavy atom. The largest absolute Gasteiger partial charge is 0.270 e. The number of nitro groups is 1. The number of nitrogens with zero attached hydrogens (tertiary/aromatic N) is 1. The van der Waals surface area contributed by atoms with E-state index >= 15 is 0 Å². The molecule has 6 heteroatoms. The van der Waals surface area contributed by atoms with Crippen LogP contribution in [0.15, 0.2) is 23.1 Å². The fraction of sp³-hybridized carbons (Fsp3) is 0.400. The molecule has 0 aliphatic carbocycles. The Morgan fingerprint density at radius 2 is 2.31 bits per heavy atom. The lowest BCUT2D eigenvalue weighted by Gasteiger charge is -2.08. The fourth-order valence-electron chi connectivity index (χ4n) is 0.997. The summed E-state index contributed by atoms with van der Waals surface area (Å²) in [5, 5.41) is 10.6. The van der Waals surface area contributed by atoms with Crippen LogP contribution in [0.4, 0.5) is 5.69 Å². The molecule has 1 aromatic rings. The van der Waals surface area contributed by atoms with Crippen molar-refractivity contribution in [2.75, 3.05) is 11.6 Å². The summed E-state index contributed by atoms with van der Waals surface area (Å²) in [5.74, 6) is 2.01. The summed E-state index contributed by atoms with van der Waals surface area (Å²) in [5.41, 5.74) is 0.138. The summed E-state index contributed by atoms with van der Waals surface area (Å²) in [6.45, 7) is 2.08. The maximum atomic E-state index is 10.6. The van der Waals surface area contributed by atoms with Crippen molar-refractivity contribution < 1.29 is 4.92 Å². The first-order chi connectivity index (χ1) is 7.54. The van der Waals surface area contributed by atoms with Gasteiger partial charge in [0, 0.05) is 32.2 Å². The van der Waals surface area contributed by atoms with Crippen LogP contribution in [0, 0.1) is 19.6 Å². The second kappa shape index (κ2) is 6.66. The molecule has 0 N–H and O–H groups in total. The minimum atomic E-state index is -0.377. The molecule has 0 aliphatic heterocycles. The molecule has 1 unspecified atom stereocenters. The summed E-state index contributed by atoms with van der Waals surface area (Å²) in [6, 6.07) is 4.93. The lowest BCUT2D eigenvalue weighted by atomic mass is 10.3. The van der Waals surface area contributed by atoms with Gasteiger partial charge in [0.1, 0.15) is 0 Å². The van der Waals surface area contributed by atoms with Crippen LogP contribution in [-0.4, -0.2) is 16.6 Å². The van der Waals surface area contributed by atoms with Crippen LogP contribution >= 0.6 is 46.0 Å². The molecule has 1 rings (SSSR count). The zero-order chi connectivity index (χ0) is 12.1. The average Bonchev–Trinajstić information content (AvgIpc) is 2.26. The van der Waals surface area contributed by atoms with Crippen molar-refractivity contribution >= 4 is 51.6 Å². The molecule has 88 valence electrons. The summed E-state index contributed by atoms with van der Waals surface area (Å²) in [6.07, 6.45) is 0. The highest BCUT2D eigenvalue weighted by Crippen LogP contribution is 2.29. The third-order valence-electron chi connectivity index (χ3n) is 1.91. The van der Waals surface area contributed by atoms with Crippen LogP contribution in [0.25, 0.3) is 0 Å². The molecule has 0 spiro atoms. The molecule has 0 aromatic heterocycles. The van der Waals surface area contributed by atoms with Gasteiger partial charge in [-0.05, 0) is 34.6 Å². The van der Waals surface area contributed by atoms with Crippen molar-refractivity contribution in [3.8, 4) is 0 Å². The van der Waals surface area contributed by atoms with E-state index in [9.17, 15) is 10.1 Å². The maximum Gasteiger partial charge on any atom is 0.270 e. The number of benzene rings is 1.